The zero-order chi connectivity index (χ0) is 20.1. The fraction of sp³-hybridized carbons (Fsp3) is 0.667. The van der Waals surface area contributed by atoms with Crippen molar-refractivity contribution < 1.29 is 19.0 Å². The number of rotatable bonds is 9. The van der Waals surface area contributed by atoms with Crippen LogP contribution in [-0.2, 0) is 15.9 Å². The van der Waals surface area contributed by atoms with Crippen LogP contribution in [0.1, 0.15) is 25.8 Å². The molecule has 2 aliphatic rings. The summed E-state index contributed by atoms with van der Waals surface area (Å²) in [5.74, 6) is 1.49. The third kappa shape index (κ3) is 5.61. The number of likely N-dealkylation sites (tertiary alicyclic amines) is 1. The number of methoxy groups -OCH3 is 1. The van der Waals surface area contributed by atoms with E-state index in [4.69, 9.17) is 14.2 Å². The van der Waals surface area contributed by atoms with Crippen molar-refractivity contribution in [2.24, 2.45) is 5.92 Å². The van der Waals surface area contributed by atoms with Gasteiger partial charge in [-0.3, -0.25) is 4.90 Å². The van der Waals surface area contributed by atoms with Crippen LogP contribution in [-0.4, -0.2) is 74.5 Å². The molecule has 1 amide bonds. The van der Waals surface area contributed by atoms with E-state index in [0.29, 0.717) is 25.7 Å². The first kappa shape index (κ1) is 21.4. The maximum absolute atomic E-state index is 11.9. The summed E-state index contributed by atoms with van der Waals surface area (Å²) in [6.45, 7) is 8.82. The highest BCUT2D eigenvalue weighted by atomic mass is 79.9. The van der Waals surface area contributed by atoms with Crippen molar-refractivity contribution in [3.05, 3.63) is 28.2 Å². The molecule has 7 heteroatoms. The van der Waals surface area contributed by atoms with Crippen molar-refractivity contribution in [1.82, 2.24) is 9.80 Å². The molecule has 28 heavy (non-hydrogen) atoms. The number of halogens is 1. The minimum Gasteiger partial charge on any atom is -0.491 e. The molecule has 2 aliphatic heterocycles. The molecule has 0 saturated carbocycles. The van der Waals surface area contributed by atoms with Crippen LogP contribution in [0.4, 0.5) is 4.79 Å². The van der Waals surface area contributed by atoms with E-state index < -0.39 is 0 Å². The van der Waals surface area contributed by atoms with Gasteiger partial charge in [-0.2, -0.15) is 0 Å². The summed E-state index contributed by atoms with van der Waals surface area (Å²) in [4.78, 5) is 16.2. The smallest absolute Gasteiger partial charge is 0.410 e. The molecule has 2 atom stereocenters. The van der Waals surface area contributed by atoms with Crippen molar-refractivity contribution in [2.75, 3.05) is 46.5 Å². The van der Waals surface area contributed by atoms with Crippen LogP contribution >= 0.6 is 15.9 Å². The zero-order valence-corrected chi connectivity index (χ0v) is 18.6. The fourth-order valence-corrected chi connectivity index (χ4v) is 4.35. The molecule has 2 heterocycles. The number of carbonyl (C=O) groups is 1. The van der Waals surface area contributed by atoms with Crippen LogP contribution in [0.2, 0.25) is 0 Å². The Morgan fingerprint density at radius 2 is 2.11 bits per heavy atom. The van der Waals surface area contributed by atoms with Gasteiger partial charge in [0.25, 0.3) is 0 Å². The highest BCUT2D eigenvalue weighted by molar-refractivity contribution is 9.10. The van der Waals surface area contributed by atoms with Crippen LogP contribution in [0.25, 0.3) is 0 Å². The Morgan fingerprint density at radius 1 is 1.29 bits per heavy atom. The van der Waals surface area contributed by atoms with E-state index in [1.165, 1.54) is 5.56 Å². The van der Waals surface area contributed by atoms with Gasteiger partial charge in [0.15, 0.2) is 0 Å². The lowest BCUT2D eigenvalue weighted by atomic mass is 9.98. The average Bonchev–Trinajstić information content (AvgIpc) is 3.24. The second-order valence-corrected chi connectivity index (χ2v) is 8.82. The summed E-state index contributed by atoms with van der Waals surface area (Å²) in [5, 5.41) is 0. The van der Waals surface area contributed by atoms with E-state index in [-0.39, 0.29) is 18.2 Å². The molecule has 0 aromatic heterocycles. The van der Waals surface area contributed by atoms with E-state index in [9.17, 15) is 4.79 Å². The molecule has 6 nitrogen and oxygen atoms in total. The standard InChI is InChI=1S/C21H31BrN2O4/c1-15(2)24-14-19(28-21(24)25)13-23-7-6-16(12-23)10-17-11-18(4-5-20(17)22)27-9-8-26-3/h4-5,11,15-16,19H,6-10,12-14H2,1-3H3. The number of hydrogen-bond acceptors (Lipinski definition) is 5. The first-order valence-corrected chi connectivity index (χ1v) is 10.8. The van der Waals surface area contributed by atoms with Gasteiger partial charge in [-0.15, -0.1) is 0 Å². The van der Waals surface area contributed by atoms with E-state index in [2.05, 4.69) is 33.0 Å². The first-order valence-electron chi connectivity index (χ1n) is 10.1. The second kappa shape index (κ2) is 9.94. The molecule has 1 aromatic rings. The molecule has 0 N–H and O–H groups in total. The van der Waals surface area contributed by atoms with Gasteiger partial charge in [0.2, 0.25) is 0 Å². The zero-order valence-electron chi connectivity index (χ0n) is 17.0. The predicted molar refractivity (Wildman–Crippen MR) is 112 cm³/mol. The van der Waals surface area contributed by atoms with E-state index in [1.54, 1.807) is 7.11 Å². The van der Waals surface area contributed by atoms with E-state index >= 15 is 0 Å². The second-order valence-electron chi connectivity index (χ2n) is 7.96. The Morgan fingerprint density at radius 3 is 2.82 bits per heavy atom. The van der Waals surface area contributed by atoms with Crippen LogP contribution in [0.15, 0.2) is 22.7 Å². The van der Waals surface area contributed by atoms with Crippen molar-refractivity contribution in [3.8, 4) is 5.75 Å². The van der Waals surface area contributed by atoms with Crippen molar-refractivity contribution >= 4 is 22.0 Å². The third-order valence-electron chi connectivity index (χ3n) is 5.44. The summed E-state index contributed by atoms with van der Waals surface area (Å²) < 4.78 is 17.5. The summed E-state index contributed by atoms with van der Waals surface area (Å²) >= 11 is 3.68. The number of carbonyl (C=O) groups excluding carboxylic acids is 1. The predicted octanol–water partition coefficient (Wildman–Crippen LogP) is 3.57. The average molecular weight is 455 g/mol. The molecule has 156 valence electrons. The van der Waals surface area contributed by atoms with Gasteiger partial charge < -0.3 is 19.1 Å². The summed E-state index contributed by atoms with van der Waals surface area (Å²) in [5.41, 5.74) is 1.28. The third-order valence-corrected chi connectivity index (χ3v) is 6.21. The van der Waals surface area contributed by atoms with Crippen LogP contribution < -0.4 is 4.74 Å². The number of nitrogens with zero attached hydrogens (tertiary/aromatic N) is 2. The van der Waals surface area contributed by atoms with Crippen molar-refractivity contribution in [3.63, 3.8) is 0 Å². The molecule has 2 saturated heterocycles. The number of amides is 1. The van der Waals surface area contributed by atoms with Crippen molar-refractivity contribution in [1.29, 1.82) is 0 Å². The van der Waals surface area contributed by atoms with E-state index in [1.807, 2.05) is 24.8 Å². The minimum absolute atomic E-state index is 0.0158. The Hall–Kier alpha value is -1.31. The molecule has 2 fully saturated rings. The quantitative estimate of drug-likeness (QED) is 0.533. The topological polar surface area (TPSA) is 51.2 Å². The lowest BCUT2D eigenvalue weighted by Crippen LogP contribution is -2.35. The van der Waals surface area contributed by atoms with Gasteiger partial charge >= 0.3 is 6.09 Å². The summed E-state index contributed by atoms with van der Waals surface area (Å²) in [6.07, 6.45) is 1.99. The Bertz CT molecular complexity index is 670. The lowest BCUT2D eigenvalue weighted by molar-refractivity contribution is 0.111. The normalized spacial score (nSPS) is 22.9. The van der Waals surface area contributed by atoms with E-state index in [0.717, 1.165) is 42.7 Å². The highest BCUT2D eigenvalue weighted by Gasteiger charge is 2.35. The molecule has 2 unspecified atom stereocenters. The molecule has 1 aromatic carbocycles. The van der Waals surface area contributed by atoms with Gasteiger partial charge in [-0.25, -0.2) is 4.79 Å². The van der Waals surface area contributed by atoms with Gasteiger partial charge in [0.1, 0.15) is 18.5 Å². The Labute approximate surface area is 176 Å². The van der Waals surface area contributed by atoms with Crippen LogP contribution in [0.3, 0.4) is 0 Å². The molecule has 0 radical (unpaired) electrons. The highest BCUT2D eigenvalue weighted by Crippen LogP contribution is 2.29. The van der Waals surface area contributed by atoms with Gasteiger partial charge in [0.05, 0.1) is 13.2 Å². The molecule has 0 aliphatic carbocycles. The molecular weight excluding hydrogens is 424 g/mol. The SMILES string of the molecule is COCCOc1ccc(Br)c(CC2CCN(CC3CN(C(C)C)C(=O)O3)C2)c1. The van der Waals surface area contributed by atoms with Crippen LogP contribution in [0.5, 0.6) is 5.75 Å². The molecular formula is C21H31BrN2O4. The molecule has 0 spiro atoms. The van der Waals surface area contributed by atoms with Gasteiger partial charge in [-0.05, 0) is 62.9 Å². The largest absolute Gasteiger partial charge is 0.491 e. The van der Waals surface area contributed by atoms with Crippen LogP contribution in [0, 0.1) is 5.92 Å². The fourth-order valence-electron chi connectivity index (χ4n) is 3.94. The molecule has 3 rings (SSSR count). The van der Waals surface area contributed by atoms with Crippen molar-refractivity contribution in [2.45, 2.75) is 38.8 Å². The number of ether oxygens (including phenoxy) is 3. The summed E-state index contributed by atoms with van der Waals surface area (Å²) in [7, 11) is 1.68. The maximum Gasteiger partial charge on any atom is 0.410 e. The number of benzene rings is 1. The van der Waals surface area contributed by atoms with Gasteiger partial charge in [0, 0.05) is 30.7 Å². The first-order chi connectivity index (χ1) is 13.5. The molecule has 0 bridgehead atoms. The monoisotopic (exact) mass is 454 g/mol. The summed E-state index contributed by atoms with van der Waals surface area (Å²) in [6, 6.07) is 6.36. The lowest BCUT2D eigenvalue weighted by Gasteiger charge is -2.20. The number of hydrogen-bond donors (Lipinski definition) is 0. The minimum atomic E-state index is -0.176. The number of cyclic esters (lactones) is 1. The Kier molecular flexibility index (Phi) is 7.60. The maximum atomic E-state index is 11.9. The van der Waals surface area contributed by atoms with Gasteiger partial charge in [-0.1, -0.05) is 15.9 Å². The Balaban J connectivity index is 1.49.